The summed E-state index contributed by atoms with van der Waals surface area (Å²) in [5, 5.41) is 0.935. The molecule has 0 aliphatic carbocycles. The second kappa shape index (κ2) is 12.2. The molecule has 25 heavy (non-hydrogen) atoms. The number of rotatable bonds is 14. The van der Waals surface area contributed by atoms with Gasteiger partial charge in [-0.25, -0.2) is 8.42 Å². The maximum absolute atomic E-state index is 11.1. The Balaban J connectivity index is 1.90. The molecule has 7 nitrogen and oxygen atoms in total. The minimum atomic E-state index is -3.19. The topological polar surface area (TPSA) is 114 Å². The van der Waals surface area contributed by atoms with Gasteiger partial charge in [-0.2, -0.15) is 0 Å². The van der Waals surface area contributed by atoms with Crippen molar-refractivity contribution in [3.8, 4) is 0 Å². The molecule has 0 unspecified atom stereocenters. The molecule has 0 amide bonds. The highest BCUT2D eigenvalue weighted by molar-refractivity contribution is 7.99. The third kappa shape index (κ3) is 10.4. The summed E-state index contributed by atoms with van der Waals surface area (Å²) >= 11 is 1.65. The minimum Gasteiger partial charge on any atom is -0.397 e. The van der Waals surface area contributed by atoms with Crippen molar-refractivity contribution in [3.63, 3.8) is 0 Å². The van der Waals surface area contributed by atoms with Gasteiger partial charge in [0.25, 0.3) is 0 Å². The molecular formula is C16H26N2O5S2. The van der Waals surface area contributed by atoms with E-state index in [4.69, 9.17) is 25.7 Å². The van der Waals surface area contributed by atoms with Crippen LogP contribution in [0.15, 0.2) is 35.1 Å². The molecule has 1 rings (SSSR count). The first-order chi connectivity index (χ1) is 11.9. The van der Waals surface area contributed by atoms with E-state index in [0.717, 1.165) is 16.1 Å². The molecule has 0 aliphatic heterocycles. The molecule has 9 heteroatoms. The lowest BCUT2D eigenvalue weighted by Gasteiger charge is -2.07. The summed E-state index contributed by atoms with van der Waals surface area (Å²) in [5.41, 5.74) is 12.6. The van der Waals surface area contributed by atoms with Crippen LogP contribution in [0.1, 0.15) is 0 Å². The van der Waals surface area contributed by atoms with E-state index in [2.05, 4.69) is 6.58 Å². The molecule has 4 N–H and O–H groups in total. The molecule has 1 aromatic rings. The van der Waals surface area contributed by atoms with Gasteiger partial charge in [-0.3, -0.25) is 0 Å². The molecule has 0 radical (unpaired) electrons. The van der Waals surface area contributed by atoms with Crippen LogP contribution in [0.3, 0.4) is 0 Å². The van der Waals surface area contributed by atoms with Gasteiger partial charge in [-0.05, 0) is 18.2 Å². The first-order valence-electron chi connectivity index (χ1n) is 7.81. The van der Waals surface area contributed by atoms with Crippen molar-refractivity contribution < 1.29 is 22.6 Å². The Morgan fingerprint density at radius 2 is 1.56 bits per heavy atom. The highest BCUT2D eigenvalue weighted by atomic mass is 32.2. The number of benzene rings is 1. The van der Waals surface area contributed by atoms with E-state index >= 15 is 0 Å². The van der Waals surface area contributed by atoms with Gasteiger partial charge in [-0.15, -0.1) is 11.8 Å². The average molecular weight is 391 g/mol. The molecule has 0 spiro atoms. The first kappa shape index (κ1) is 21.8. The van der Waals surface area contributed by atoms with Crippen LogP contribution in [-0.4, -0.2) is 59.6 Å². The quantitative estimate of drug-likeness (QED) is 0.279. The molecule has 0 aliphatic rings. The van der Waals surface area contributed by atoms with Gasteiger partial charge in [-0.1, -0.05) is 6.58 Å². The SMILES string of the molecule is C=CS(=O)(=O)CCOCCOCCOCCSc1ccc(N)c(N)c1. The summed E-state index contributed by atoms with van der Waals surface area (Å²) in [4.78, 5) is 1.06. The van der Waals surface area contributed by atoms with E-state index in [1.165, 1.54) is 0 Å². The highest BCUT2D eigenvalue weighted by Gasteiger charge is 2.03. The Labute approximate surface area is 153 Å². The number of anilines is 2. The number of nitrogen functional groups attached to an aromatic ring is 2. The zero-order valence-electron chi connectivity index (χ0n) is 14.2. The van der Waals surface area contributed by atoms with Crippen molar-refractivity contribution in [3.05, 3.63) is 30.2 Å². The van der Waals surface area contributed by atoms with Crippen molar-refractivity contribution in [2.24, 2.45) is 0 Å². The molecule has 0 atom stereocenters. The van der Waals surface area contributed by atoms with Gasteiger partial charge in [0.2, 0.25) is 0 Å². The van der Waals surface area contributed by atoms with E-state index < -0.39 is 9.84 Å². The van der Waals surface area contributed by atoms with Crippen molar-refractivity contribution >= 4 is 33.0 Å². The number of nitrogens with two attached hydrogens (primary N) is 2. The largest absolute Gasteiger partial charge is 0.397 e. The van der Waals surface area contributed by atoms with Crippen LogP contribution >= 0.6 is 11.8 Å². The van der Waals surface area contributed by atoms with Gasteiger partial charge in [0.05, 0.1) is 56.8 Å². The third-order valence-electron chi connectivity index (χ3n) is 3.06. The smallest absolute Gasteiger partial charge is 0.173 e. The number of thioether (sulfide) groups is 1. The third-order valence-corrected chi connectivity index (χ3v) is 5.27. The van der Waals surface area contributed by atoms with Crippen molar-refractivity contribution in [2.45, 2.75) is 4.90 Å². The highest BCUT2D eigenvalue weighted by Crippen LogP contribution is 2.24. The maximum Gasteiger partial charge on any atom is 0.173 e. The molecule has 0 bridgehead atoms. The van der Waals surface area contributed by atoms with Crippen LogP contribution in [0.2, 0.25) is 0 Å². The number of ether oxygens (including phenoxy) is 3. The van der Waals surface area contributed by atoms with Gasteiger partial charge < -0.3 is 25.7 Å². The summed E-state index contributed by atoms with van der Waals surface area (Å²) in [6.45, 7) is 5.69. The number of hydrogen-bond donors (Lipinski definition) is 2. The Hall–Kier alpha value is -1.26. The predicted octanol–water partition coefficient (Wildman–Crippen LogP) is 1.55. The fourth-order valence-corrected chi connectivity index (χ4v) is 2.99. The molecule has 0 saturated carbocycles. The van der Waals surface area contributed by atoms with E-state index in [1.807, 2.05) is 12.1 Å². The Kier molecular flexibility index (Phi) is 10.6. The summed E-state index contributed by atoms with van der Waals surface area (Å²) in [6, 6.07) is 5.57. The van der Waals surface area contributed by atoms with Crippen molar-refractivity contribution in [1.82, 2.24) is 0 Å². The summed E-state index contributed by atoms with van der Waals surface area (Å²) in [5.74, 6) is 0.751. The standard InChI is InChI=1S/C16H26N2O5S2/c1-2-25(19,20)12-10-23-8-6-21-5-7-22-9-11-24-14-3-4-15(17)16(18)13-14/h2-4,13H,1,5-12,17-18H2. The maximum atomic E-state index is 11.1. The fourth-order valence-electron chi connectivity index (χ4n) is 1.66. The second-order valence-corrected chi connectivity index (χ2v) is 8.25. The molecule has 0 fully saturated rings. The Morgan fingerprint density at radius 1 is 0.960 bits per heavy atom. The van der Waals surface area contributed by atoms with Gasteiger partial charge in [0.15, 0.2) is 9.84 Å². The molecule has 1 aromatic carbocycles. The Morgan fingerprint density at radius 3 is 2.16 bits per heavy atom. The Bertz CT molecular complexity index is 623. The minimum absolute atomic E-state index is 0.0586. The molecular weight excluding hydrogens is 364 g/mol. The van der Waals surface area contributed by atoms with E-state index in [0.29, 0.717) is 44.4 Å². The van der Waals surface area contributed by atoms with Crippen LogP contribution in [0, 0.1) is 0 Å². The number of hydrogen-bond acceptors (Lipinski definition) is 8. The van der Waals surface area contributed by atoms with E-state index in [9.17, 15) is 8.42 Å². The second-order valence-electron chi connectivity index (χ2n) is 5.01. The lowest BCUT2D eigenvalue weighted by atomic mass is 10.3. The van der Waals surface area contributed by atoms with Crippen molar-refractivity contribution in [2.75, 3.05) is 62.6 Å². The average Bonchev–Trinajstić information content (AvgIpc) is 2.59. The normalized spacial score (nSPS) is 11.5. The summed E-state index contributed by atoms with van der Waals surface area (Å²) < 4.78 is 38.2. The van der Waals surface area contributed by atoms with Gasteiger partial charge in [0, 0.05) is 16.1 Å². The van der Waals surface area contributed by atoms with Crippen molar-refractivity contribution in [1.29, 1.82) is 0 Å². The molecule has 142 valence electrons. The van der Waals surface area contributed by atoms with Gasteiger partial charge in [0.1, 0.15) is 0 Å². The zero-order chi connectivity index (χ0) is 18.5. The van der Waals surface area contributed by atoms with Crippen LogP contribution < -0.4 is 11.5 Å². The monoisotopic (exact) mass is 390 g/mol. The van der Waals surface area contributed by atoms with Crippen LogP contribution in [0.4, 0.5) is 11.4 Å². The molecule has 0 saturated heterocycles. The summed E-state index contributed by atoms with van der Waals surface area (Å²) in [6.07, 6.45) is 0. The number of sulfone groups is 1. The summed E-state index contributed by atoms with van der Waals surface area (Å²) in [7, 11) is -3.19. The fraction of sp³-hybridized carbons (Fsp3) is 0.500. The van der Waals surface area contributed by atoms with E-state index in [-0.39, 0.29) is 12.4 Å². The lowest BCUT2D eigenvalue weighted by molar-refractivity contribution is 0.0204. The zero-order valence-corrected chi connectivity index (χ0v) is 15.8. The first-order valence-corrected chi connectivity index (χ1v) is 10.5. The lowest BCUT2D eigenvalue weighted by Crippen LogP contribution is -2.14. The predicted molar refractivity (Wildman–Crippen MR) is 102 cm³/mol. The van der Waals surface area contributed by atoms with Crippen LogP contribution in [0.25, 0.3) is 0 Å². The van der Waals surface area contributed by atoms with Crippen LogP contribution in [0.5, 0.6) is 0 Å². The molecule has 0 aromatic heterocycles. The van der Waals surface area contributed by atoms with E-state index in [1.54, 1.807) is 17.8 Å². The molecule has 0 heterocycles. The van der Waals surface area contributed by atoms with Gasteiger partial charge >= 0.3 is 0 Å². The van der Waals surface area contributed by atoms with Crippen LogP contribution in [-0.2, 0) is 24.0 Å².